The molecule has 0 unspecified atom stereocenters. The SMILES string of the molecule is Cn1c(CCN)cnc1-c1cccc(O)c1. The highest BCUT2D eigenvalue weighted by Gasteiger charge is 2.08. The maximum absolute atomic E-state index is 9.42. The Labute approximate surface area is 94.4 Å². The van der Waals surface area contributed by atoms with Crippen molar-refractivity contribution in [2.24, 2.45) is 12.8 Å². The number of nitrogens with two attached hydrogens (primary N) is 1. The molecule has 0 saturated carbocycles. The van der Waals surface area contributed by atoms with E-state index in [0.717, 1.165) is 23.5 Å². The summed E-state index contributed by atoms with van der Waals surface area (Å²) in [5, 5.41) is 9.42. The van der Waals surface area contributed by atoms with Gasteiger partial charge in [0.1, 0.15) is 11.6 Å². The van der Waals surface area contributed by atoms with Crippen molar-refractivity contribution in [2.45, 2.75) is 6.42 Å². The maximum atomic E-state index is 9.42. The molecule has 0 aliphatic heterocycles. The van der Waals surface area contributed by atoms with Crippen LogP contribution in [0.2, 0.25) is 0 Å². The fraction of sp³-hybridized carbons (Fsp3) is 0.250. The molecule has 4 nitrogen and oxygen atoms in total. The van der Waals surface area contributed by atoms with E-state index < -0.39 is 0 Å². The van der Waals surface area contributed by atoms with Crippen LogP contribution in [0.4, 0.5) is 0 Å². The molecule has 1 heterocycles. The Balaban J connectivity index is 2.41. The third kappa shape index (κ3) is 1.92. The Bertz CT molecular complexity index is 491. The highest BCUT2D eigenvalue weighted by molar-refractivity contribution is 5.58. The molecule has 2 aromatic rings. The van der Waals surface area contributed by atoms with E-state index in [2.05, 4.69) is 4.98 Å². The first-order chi connectivity index (χ1) is 7.72. The van der Waals surface area contributed by atoms with Gasteiger partial charge < -0.3 is 15.4 Å². The highest BCUT2D eigenvalue weighted by atomic mass is 16.3. The minimum atomic E-state index is 0.251. The second kappa shape index (κ2) is 4.37. The third-order valence-corrected chi connectivity index (χ3v) is 2.59. The van der Waals surface area contributed by atoms with Gasteiger partial charge in [0.25, 0.3) is 0 Å². The molecular formula is C12H15N3O. The van der Waals surface area contributed by atoms with Crippen LogP contribution in [-0.4, -0.2) is 21.2 Å². The average Bonchev–Trinajstić information content (AvgIpc) is 2.61. The molecule has 0 aliphatic carbocycles. The predicted molar refractivity (Wildman–Crippen MR) is 63.1 cm³/mol. The van der Waals surface area contributed by atoms with Crippen LogP contribution in [0, 0.1) is 0 Å². The minimum Gasteiger partial charge on any atom is -0.508 e. The first-order valence-corrected chi connectivity index (χ1v) is 5.22. The topological polar surface area (TPSA) is 64.1 Å². The van der Waals surface area contributed by atoms with Crippen LogP contribution >= 0.6 is 0 Å². The molecule has 0 atom stereocenters. The number of nitrogens with zero attached hydrogens (tertiary/aromatic N) is 2. The van der Waals surface area contributed by atoms with Gasteiger partial charge in [-0.15, -0.1) is 0 Å². The summed E-state index contributed by atoms with van der Waals surface area (Å²) in [6.07, 6.45) is 2.63. The first kappa shape index (κ1) is 10.7. The number of aromatic hydroxyl groups is 1. The van der Waals surface area contributed by atoms with Gasteiger partial charge in [0, 0.05) is 30.9 Å². The zero-order chi connectivity index (χ0) is 11.5. The summed E-state index contributed by atoms with van der Waals surface area (Å²) in [7, 11) is 1.96. The number of imidazole rings is 1. The lowest BCUT2D eigenvalue weighted by Crippen LogP contribution is -2.07. The predicted octanol–water partition coefficient (Wildman–Crippen LogP) is 1.29. The molecule has 4 heteroatoms. The van der Waals surface area contributed by atoms with Crippen molar-refractivity contribution in [3.63, 3.8) is 0 Å². The van der Waals surface area contributed by atoms with Crippen molar-refractivity contribution in [2.75, 3.05) is 6.54 Å². The number of benzene rings is 1. The summed E-state index contributed by atoms with van der Waals surface area (Å²) in [5.41, 5.74) is 7.53. The highest BCUT2D eigenvalue weighted by Crippen LogP contribution is 2.22. The largest absolute Gasteiger partial charge is 0.508 e. The van der Waals surface area contributed by atoms with E-state index >= 15 is 0 Å². The van der Waals surface area contributed by atoms with Gasteiger partial charge in [0.05, 0.1) is 0 Å². The Morgan fingerprint density at radius 2 is 2.25 bits per heavy atom. The van der Waals surface area contributed by atoms with Crippen LogP contribution < -0.4 is 5.73 Å². The van der Waals surface area contributed by atoms with Crippen molar-refractivity contribution in [1.29, 1.82) is 0 Å². The lowest BCUT2D eigenvalue weighted by Gasteiger charge is -2.05. The van der Waals surface area contributed by atoms with Crippen LogP contribution in [0.1, 0.15) is 5.69 Å². The van der Waals surface area contributed by atoms with Crippen LogP contribution in [0.3, 0.4) is 0 Å². The van der Waals surface area contributed by atoms with Crippen molar-refractivity contribution >= 4 is 0 Å². The van der Waals surface area contributed by atoms with E-state index in [4.69, 9.17) is 5.73 Å². The number of hydrogen-bond acceptors (Lipinski definition) is 3. The molecule has 0 radical (unpaired) electrons. The van der Waals surface area contributed by atoms with Gasteiger partial charge >= 0.3 is 0 Å². The summed E-state index contributed by atoms with van der Waals surface area (Å²) in [6, 6.07) is 7.08. The number of rotatable bonds is 3. The summed E-state index contributed by atoms with van der Waals surface area (Å²) in [6.45, 7) is 0.610. The molecule has 2 rings (SSSR count). The Kier molecular flexibility index (Phi) is 2.92. The molecule has 3 N–H and O–H groups in total. The molecule has 0 aliphatic rings. The number of aromatic nitrogens is 2. The second-order valence-corrected chi connectivity index (χ2v) is 3.72. The van der Waals surface area contributed by atoms with E-state index in [1.807, 2.05) is 29.9 Å². The van der Waals surface area contributed by atoms with Crippen LogP contribution in [0.25, 0.3) is 11.4 Å². The van der Waals surface area contributed by atoms with Gasteiger partial charge in [-0.3, -0.25) is 0 Å². The molecule has 0 saturated heterocycles. The smallest absolute Gasteiger partial charge is 0.139 e. The van der Waals surface area contributed by atoms with Crippen molar-refractivity contribution in [3.05, 3.63) is 36.2 Å². The van der Waals surface area contributed by atoms with Crippen LogP contribution in [0.15, 0.2) is 30.5 Å². The lowest BCUT2D eigenvalue weighted by atomic mass is 10.2. The number of phenolic OH excluding ortho intramolecular Hbond substituents is 1. The van der Waals surface area contributed by atoms with Gasteiger partial charge in [0.15, 0.2) is 0 Å². The normalized spacial score (nSPS) is 10.6. The molecule has 0 bridgehead atoms. The van der Waals surface area contributed by atoms with Gasteiger partial charge in [0.2, 0.25) is 0 Å². The van der Waals surface area contributed by atoms with E-state index in [9.17, 15) is 5.11 Å². The van der Waals surface area contributed by atoms with E-state index in [1.54, 1.807) is 12.1 Å². The zero-order valence-electron chi connectivity index (χ0n) is 9.22. The fourth-order valence-electron chi connectivity index (χ4n) is 1.74. The second-order valence-electron chi connectivity index (χ2n) is 3.72. The van der Waals surface area contributed by atoms with Gasteiger partial charge in [-0.2, -0.15) is 0 Å². The number of phenols is 1. The molecule has 0 fully saturated rings. The maximum Gasteiger partial charge on any atom is 0.139 e. The van der Waals surface area contributed by atoms with Crippen molar-refractivity contribution in [3.8, 4) is 17.1 Å². The molecule has 0 amide bonds. The third-order valence-electron chi connectivity index (χ3n) is 2.59. The molecular weight excluding hydrogens is 202 g/mol. The van der Waals surface area contributed by atoms with Gasteiger partial charge in [-0.25, -0.2) is 4.98 Å². The monoisotopic (exact) mass is 217 g/mol. The Morgan fingerprint density at radius 3 is 2.94 bits per heavy atom. The summed E-state index contributed by atoms with van der Waals surface area (Å²) in [4.78, 5) is 4.34. The minimum absolute atomic E-state index is 0.251. The van der Waals surface area contributed by atoms with E-state index in [1.165, 1.54) is 0 Å². The van der Waals surface area contributed by atoms with E-state index in [0.29, 0.717) is 6.54 Å². The van der Waals surface area contributed by atoms with Crippen LogP contribution in [-0.2, 0) is 13.5 Å². The summed E-state index contributed by atoms with van der Waals surface area (Å²) in [5.74, 6) is 1.10. The summed E-state index contributed by atoms with van der Waals surface area (Å²) < 4.78 is 2.00. The van der Waals surface area contributed by atoms with Gasteiger partial charge in [-0.1, -0.05) is 12.1 Å². The quantitative estimate of drug-likeness (QED) is 0.814. The van der Waals surface area contributed by atoms with E-state index in [-0.39, 0.29) is 5.75 Å². The fourth-order valence-corrected chi connectivity index (χ4v) is 1.74. The molecule has 1 aromatic carbocycles. The standard InChI is InChI=1S/C12H15N3O/c1-15-10(5-6-13)8-14-12(15)9-3-2-4-11(16)7-9/h2-4,7-8,16H,5-6,13H2,1H3. The lowest BCUT2D eigenvalue weighted by molar-refractivity contribution is 0.475. The number of hydrogen-bond donors (Lipinski definition) is 2. The van der Waals surface area contributed by atoms with Crippen molar-refractivity contribution < 1.29 is 5.11 Å². The molecule has 0 spiro atoms. The molecule has 1 aromatic heterocycles. The summed E-state index contributed by atoms with van der Waals surface area (Å²) >= 11 is 0. The Hall–Kier alpha value is -1.81. The molecule has 16 heavy (non-hydrogen) atoms. The first-order valence-electron chi connectivity index (χ1n) is 5.22. The van der Waals surface area contributed by atoms with Gasteiger partial charge in [-0.05, 0) is 18.7 Å². The van der Waals surface area contributed by atoms with Crippen LogP contribution in [0.5, 0.6) is 5.75 Å². The zero-order valence-corrected chi connectivity index (χ0v) is 9.22. The average molecular weight is 217 g/mol. The van der Waals surface area contributed by atoms with Crippen molar-refractivity contribution in [1.82, 2.24) is 9.55 Å². The molecule has 84 valence electrons. The Morgan fingerprint density at radius 1 is 1.44 bits per heavy atom.